The molecular formula is C26H25N5O3. The molecule has 1 aliphatic rings. The van der Waals surface area contributed by atoms with Gasteiger partial charge in [0.1, 0.15) is 0 Å². The van der Waals surface area contributed by atoms with Crippen LogP contribution in [0.25, 0.3) is 22.2 Å². The number of anilines is 1. The summed E-state index contributed by atoms with van der Waals surface area (Å²) < 4.78 is 2.02. The van der Waals surface area contributed by atoms with Gasteiger partial charge in [-0.2, -0.15) is 0 Å². The van der Waals surface area contributed by atoms with Gasteiger partial charge >= 0.3 is 0 Å². The van der Waals surface area contributed by atoms with Crippen LogP contribution in [0, 0.1) is 0 Å². The number of benzene rings is 2. The average molecular weight is 456 g/mol. The van der Waals surface area contributed by atoms with Crippen molar-refractivity contribution in [3.8, 4) is 11.1 Å². The highest BCUT2D eigenvalue weighted by molar-refractivity contribution is 6.06. The lowest BCUT2D eigenvalue weighted by Crippen LogP contribution is -2.25. The molecule has 0 spiro atoms. The second-order valence-corrected chi connectivity index (χ2v) is 8.53. The van der Waals surface area contributed by atoms with Crippen LogP contribution < -0.4 is 16.2 Å². The van der Waals surface area contributed by atoms with Crippen LogP contribution in [-0.2, 0) is 0 Å². The molecule has 2 aromatic carbocycles. The number of para-hydroxylation sites is 1. The summed E-state index contributed by atoms with van der Waals surface area (Å²) in [5, 5.41) is 5.87. The summed E-state index contributed by atoms with van der Waals surface area (Å²) in [7, 11) is 0. The number of nitrogens with zero attached hydrogens (tertiary/aromatic N) is 2. The third-order valence-electron chi connectivity index (χ3n) is 6.21. The minimum absolute atomic E-state index is 0.00535. The van der Waals surface area contributed by atoms with E-state index in [2.05, 4.69) is 22.5 Å². The standard InChI is InChI=1S/C26H25N5O3/c1-16-7-2-3-13-27-23(32)17-8-4-9-18(15-17)24(33)30-26-29-21-12-5-10-19(22(21)31(16)26)20-11-6-14-28-25(20)34/h4-6,8-12,14-16H,2-3,7,13H2,1H3,(H,27,32)(H,28,34)(H,29,30,33). The molecule has 2 amide bonds. The number of H-pyrrole nitrogens is 1. The van der Waals surface area contributed by atoms with E-state index < -0.39 is 0 Å². The molecule has 0 saturated heterocycles. The molecule has 8 nitrogen and oxygen atoms in total. The molecule has 3 heterocycles. The molecule has 0 saturated carbocycles. The summed E-state index contributed by atoms with van der Waals surface area (Å²) in [5.74, 6) is -0.126. The first kappa shape index (κ1) is 21.6. The van der Waals surface area contributed by atoms with Crippen molar-refractivity contribution in [1.29, 1.82) is 0 Å². The van der Waals surface area contributed by atoms with Crippen LogP contribution in [0.4, 0.5) is 5.95 Å². The van der Waals surface area contributed by atoms with Crippen molar-refractivity contribution in [2.75, 3.05) is 11.9 Å². The number of carbonyl (C=O) groups excluding carboxylic acids is 2. The van der Waals surface area contributed by atoms with Crippen LogP contribution >= 0.6 is 0 Å². The van der Waals surface area contributed by atoms with Gasteiger partial charge < -0.3 is 14.9 Å². The number of amides is 2. The number of aromatic nitrogens is 3. The summed E-state index contributed by atoms with van der Waals surface area (Å²) in [4.78, 5) is 45.7. The van der Waals surface area contributed by atoms with Crippen molar-refractivity contribution in [2.45, 2.75) is 32.2 Å². The van der Waals surface area contributed by atoms with Crippen molar-refractivity contribution >= 4 is 28.8 Å². The summed E-state index contributed by atoms with van der Waals surface area (Å²) in [6, 6.07) is 15.9. The molecule has 5 rings (SSSR count). The van der Waals surface area contributed by atoms with Crippen LogP contribution in [0.1, 0.15) is 52.9 Å². The molecule has 2 aromatic heterocycles. The molecule has 2 bridgehead atoms. The van der Waals surface area contributed by atoms with Crippen LogP contribution in [-0.4, -0.2) is 32.9 Å². The fourth-order valence-electron chi connectivity index (χ4n) is 4.49. The highest BCUT2D eigenvalue weighted by Crippen LogP contribution is 2.34. The Labute approximate surface area is 196 Å². The Morgan fingerprint density at radius 1 is 0.912 bits per heavy atom. The van der Waals surface area contributed by atoms with Crippen LogP contribution in [0.2, 0.25) is 0 Å². The van der Waals surface area contributed by atoms with E-state index in [4.69, 9.17) is 4.98 Å². The first-order chi connectivity index (χ1) is 16.5. The minimum atomic E-state index is -0.352. The van der Waals surface area contributed by atoms with E-state index >= 15 is 0 Å². The predicted molar refractivity (Wildman–Crippen MR) is 131 cm³/mol. The number of pyridine rings is 1. The van der Waals surface area contributed by atoms with E-state index in [-0.39, 0.29) is 23.4 Å². The molecule has 34 heavy (non-hydrogen) atoms. The van der Waals surface area contributed by atoms with E-state index in [9.17, 15) is 14.4 Å². The van der Waals surface area contributed by atoms with Gasteiger partial charge in [-0.25, -0.2) is 4.98 Å². The number of nitrogens with one attached hydrogen (secondary N) is 3. The second-order valence-electron chi connectivity index (χ2n) is 8.53. The topological polar surface area (TPSA) is 109 Å². The molecule has 1 atom stereocenters. The number of rotatable bonds is 1. The van der Waals surface area contributed by atoms with Gasteiger partial charge in [-0.05, 0) is 62.6 Å². The molecule has 0 fully saturated rings. The van der Waals surface area contributed by atoms with Gasteiger partial charge in [0.15, 0.2) is 0 Å². The Morgan fingerprint density at radius 2 is 1.68 bits per heavy atom. The molecule has 0 aliphatic carbocycles. The minimum Gasteiger partial charge on any atom is -0.352 e. The van der Waals surface area contributed by atoms with Crippen molar-refractivity contribution in [1.82, 2.24) is 19.9 Å². The zero-order valence-corrected chi connectivity index (χ0v) is 18.8. The molecular weight excluding hydrogens is 430 g/mol. The number of hydrogen-bond acceptors (Lipinski definition) is 4. The summed E-state index contributed by atoms with van der Waals surface area (Å²) in [5.41, 5.74) is 3.43. The zero-order chi connectivity index (χ0) is 23.7. The van der Waals surface area contributed by atoms with Gasteiger partial charge in [0.25, 0.3) is 17.4 Å². The zero-order valence-electron chi connectivity index (χ0n) is 18.8. The van der Waals surface area contributed by atoms with Crippen LogP contribution in [0.15, 0.2) is 65.6 Å². The van der Waals surface area contributed by atoms with E-state index in [0.29, 0.717) is 34.7 Å². The number of aromatic amines is 1. The van der Waals surface area contributed by atoms with Crippen molar-refractivity contribution < 1.29 is 9.59 Å². The third kappa shape index (κ3) is 3.98. The van der Waals surface area contributed by atoms with Gasteiger partial charge in [0.05, 0.1) is 11.0 Å². The number of hydrogen-bond donors (Lipinski definition) is 3. The van der Waals surface area contributed by atoms with Gasteiger partial charge in [-0.1, -0.05) is 18.2 Å². The molecule has 1 aliphatic heterocycles. The first-order valence-electron chi connectivity index (χ1n) is 11.4. The van der Waals surface area contributed by atoms with Crippen molar-refractivity contribution in [3.63, 3.8) is 0 Å². The van der Waals surface area contributed by atoms with E-state index in [0.717, 1.165) is 30.3 Å². The Balaban J connectivity index is 1.68. The fraction of sp³-hybridized carbons (Fsp3) is 0.231. The summed E-state index contributed by atoms with van der Waals surface area (Å²) >= 11 is 0. The Morgan fingerprint density at radius 3 is 2.50 bits per heavy atom. The average Bonchev–Trinajstić information content (AvgIpc) is 3.21. The number of fused-ring (bicyclic) bond motifs is 5. The lowest BCUT2D eigenvalue weighted by atomic mass is 10.0. The molecule has 172 valence electrons. The first-order valence-corrected chi connectivity index (χ1v) is 11.4. The molecule has 0 radical (unpaired) electrons. The number of carbonyl (C=O) groups is 2. The quantitative estimate of drug-likeness (QED) is 0.401. The molecule has 4 aromatic rings. The molecule has 1 unspecified atom stereocenters. The SMILES string of the molecule is CC1CCCCNC(=O)c2cccc(c2)C(=O)Nc2nc3cccc(-c4ccc[nH]c4=O)c3n21. The predicted octanol–water partition coefficient (Wildman–Crippen LogP) is 4.12. The highest BCUT2D eigenvalue weighted by Gasteiger charge is 2.22. The largest absolute Gasteiger partial charge is 0.352 e. The molecule has 3 N–H and O–H groups in total. The van der Waals surface area contributed by atoms with Crippen LogP contribution in [0.5, 0.6) is 0 Å². The maximum absolute atomic E-state index is 13.2. The smallest absolute Gasteiger partial charge is 0.257 e. The lowest BCUT2D eigenvalue weighted by molar-refractivity contribution is 0.0953. The maximum Gasteiger partial charge on any atom is 0.257 e. The van der Waals surface area contributed by atoms with Crippen LogP contribution in [0.3, 0.4) is 0 Å². The van der Waals surface area contributed by atoms with E-state index in [1.807, 2.05) is 22.8 Å². The third-order valence-corrected chi connectivity index (χ3v) is 6.21. The Kier molecular flexibility index (Phi) is 5.71. The van der Waals surface area contributed by atoms with Gasteiger partial charge in [0, 0.05) is 41.0 Å². The Hall–Kier alpha value is -4.20. The van der Waals surface area contributed by atoms with Gasteiger partial charge in [-0.15, -0.1) is 0 Å². The summed E-state index contributed by atoms with van der Waals surface area (Å²) in [6.45, 7) is 2.64. The fourth-order valence-corrected chi connectivity index (χ4v) is 4.49. The van der Waals surface area contributed by atoms with Gasteiger partial charge in [-0.3, -0.25) is 19.7 Å². The Bertz CT molecular complexity index is 1450. The second kappa shape index (κ2) is 8.97. The van der Waals surface area contributed by atoms with Gasteiger partial charge in [0.2, 0.25) is 5.95 Å². The van der Waals surface area contributed by atoms with E-state index in [1.165, 1.54) is 0 Å². The highest BCUT2D eigenvalue weighted by atomic mass is 16.2. The molecule has 8 heteroatoms. The lowest BCUT2D eigenvalue weighted by Gasteiger charge is -2.20. The number of imidazole rings is 1. The van der Waals surface area contributed by atoms with Crippen molar-refractivity contribution in [3.05, 3.63) is 82.3 Å². The normalized spacial score (nSPS) is 16.9. The maximum atomic E-state index is 13.2. The monoisotopic (exact) mass is 455 g/mol. The van der Waals surface area contributed by atoms with E-state index in [1.54, 1.807) is 42.6 Å². The van der Waals surface area contributed by atoms with Crippen molar-refractivity contribution in [2.24, 2.45) is 0 Å². The summed E-state index contributed by atoms with van der Waals surface area (Å²) in [6.07, 6.45) is 4.13.